The van der Waals surface area contributed by atoms with Gasteiger partial charge in [0.1, 0.15) is 11.6 Å². The third-order valence-corrected chi connectivity index (χ3v) is 8.40. The molecule has 2 aromatic carbocycles. The van der Waals surface area contributed by atoms with Gasteiger partial charge < -0.3 is 24.8 Å². The van der Waals surface area contributed by atoms with Crippen molar-refractivity contribution in [3.63, 3.8) is 0 Å². The zero-order chi connectivity index (χ0) is 31.5. The first-order valence-electron chi connectivity index (χ1n) is 13.9. The van der Waals surface area contributed by atoms with Crippen LogP contribution in [0, 0.1) is 5.92 Å². The number of carbonyl (C=O) groups excluding carboxylic acids is 3. The van der Waals surface area contributed by atoms with E-state index in [0.29, 0.717) is 41.9 Å². The molecule has 2 aliphatic rings. The van der Waals surface area contributed by atoms with Crippen LogP contribution in [0.15, 0.2) is 42.5 Å². The Morgan fingerprint density at radius 2 is 1.63 bits per heavy atom. The van der Waals surface area contributed by atoms with Crippen LogP contribution in [0.4, 0.5) is 16.2 Å². The summed E-state index contributed by atoms with van der Waals surface area (Å²) in [5.41, 5.74) is 1.28. The van der Waals surface area contributed by atoms with Crippen molar-refractivity contribution < 1.29 is 27.5 Å². The summed E-state index contributed by atoms with van der Waals surface area (Å²) >= 11 is 12.3. The number of ether oxygens (including phenoxy) is 1. The van der Waals surface area contributed by atoms with E-state index in [0.717, 1.165) is 17.5 Å². The molecule has 2 aromatic rings. The lowest BCUT2D eigenvalue weighted by Crippen LogP contribution is -2.60. The van der Waals surface area contributed by atoms with Crippen LogP contribution in [-0.2, 0) is 30.8 Å². The standard InChI is InChI=1S/C29H37Cl2N5O6S/c1-29(2,3)42-28(39)36-17-20(18-36)26(37)32-24(16-19-9-10-21(30)22(31)15-19)27(38)35-13-11-34(12-14-35)25-8-6-5-7-23(25)33-43(4,40)41/h5-10,15,20,24,33H,11-14,16-18H2,1-4H3,(H,32,37)/t24-/m1/s1. The normalized spacial score (nSPS) is 16.7. The maximum Gasteiger partial charge on any atom is 0.410 e. The van der Waals surface area contributed by atoms with Gasteiger partial charge in [0.2, 0.25) is 21.8 Å². The molecule has 0 saturated carbocycles. The first-order valence-corrected chi connectivity index (χ1v) is 16.6. The smallest absolute Gasteiger partial charge is 0.410 e. The zero-order valence-corrected chi connectivity index (χ0v) is 26.9. The summed E-state index contributed by atoms with van der Waals surface area (Å²) in [6.45, 7) is 7.41. The largest absolute Gasteiger partial charge is 0.444 e. The number of benzene rings is 2. The Morgan fingerprint density at radius 1 is 0.977 bits per heavy atom. The number of rotatable bonds is 8. The number of piperazine rings is 1. The molecular formula is C29H37Cl2N5O6S. The van der Waals surface area contributed by atoms with E-state index < -0.39 is 33.7 Å². The fourth-order valence-electron chi connectivity index (χ4n) is 4.94. The number of anilines is 2. The summed E-state index contributed by atoms with van der Waals surface area (Å²) in [7, 11) is -3.47. The van der Waals surface area contributed by atoms with Crippen LogP contribution in [0.2, 0.25) is 10.0 Å². The summed E-state index contributed by atoms with van der Waals surface area (Å²) in [6, 6.07) is 11.3. The number of hydrogen-bond donors (Lipinski definition) is 2. The molecule has 234 valence electrons. The van der Waals surface area contributed by atoms with Gasteiger partial charge >= 0.3 is 6.09 Å². The molecular weight excluding hydrogens is 617 g/mol. The molecule has 3 amide bonds. The zero-order valence-electron chi connectivity index (χ0n) is 24.6. The molecule has 0 bridgehead atoms. The van der Waals surface area contributed by atoms with Crippen molar-refractivity contribution in [3.8, 4) is 0 Å². The van der Waals surface area contributed by atoms with Gasteiger partial charge in [0.05, 0.1) is 33.6 Å². The lowest BCUT2D eigenvalue weighted by atomic mass is 9.98. The van der Waals surface area contributed by atoms with E-state index in [1.54, 1.807) is 56.0 Å². The number of carbonyl (C=O) groups is 3. The van der Waals surface area contributed by atoms with Crippen molar-refractivity contribution in [2.75, 3.05) is 55.1 Å². The molecule has 4 rings (SSSR count). The average Bonchev–Trinajstić information content (AvgIpc) is 2.87. The molecule has 2 saturated heterocycles. The molecule has 2 N–H and O–H groups in total. The van der Waals surface area contributed by atoms with Crippen LogP contribution in [0.5, 0.6) is 0 Å². The quantitative estimate of drug-likeness (QED) is 0.445. The van der Waals surface area contributed by atoms with Gasteiger partial charge in [-0.2, -0.15) is 0 Å². The van der Waals surface area contributed by atoms with E-state index in [1.807, 2.05) is 17.0 Å². The first kappa shape index (κ1) is 32.7. The van der Waals surface area contributed by atoms with E-state index in [4.69, 9.17) is 27.9 Å². The van der Waals surface area contributed by atoms with Crippen LogP contribution in [0.25, 0.3) is 0 Å². The summed E-state index contributed by atoms with van der Waals surface area (Å²) in [6.07, 6.45) is 0.818. The van der Waals surface area contributed by atoms with Crippen molar-refractivity contribution in [1.29, 1.82) is 0 Å². The minimum atomic E-state index is -3.47. The molecule has 0 spiro atoms. The van der Waals surface area contributed by atoms with Crippen molar-refractivity contribution in [2.24, 2.45) is 5.92 Å². The second kappa shape index (κ2) is 13.2. The van der Waals surface area contributed by atoms with Gasteiger partial charge in [0.15, 0.2) is 0 Å². The third-order valence-electron chi connectivity index (χ3n) is 7.07. The Hall–Kier alpha value is -3.22. The van der Waals surface area contributed by atoms with Gasteiger partial charge in [0, 0.05) is 45.7 Å². The topological polar surface area (TPSA) is 128 Å². The van der Waals surface area contributed by atoms with E-state index in [2.05, 4.69) is 10.0 Å². The molecule has 0 aliphatic carbocycles. The number of amides is 3. The number of nitrogens with one attached hydrogen (secondary N) is 2. The highest BCUT2D eigenvalue weighted by Crippen LogP contribution is 2.28. The van der Waals surface area contributed by atoms with E-state index in [1.165, 1.54) is 4.90 Å². The fourth-order valence-corrected chi connectivity index (χ4v) is 5.83. The molecule has 14 heteroatoms. The Kier molecular flexibility index (Phi) is 10.0. The molecule has 43 heavy (non-hydrogen) atoms. The van der Waals surface area contributed by atoms with Crippen LogP contribution in [-0.4, -0.2) is 93.3 Å². The molecule has 0 unspecified atom stereocenters. The van der Waals surface area contributed by atoms with Gasteiger partial charge in [-0.05, 0) is 50.6 Å². The summed E-state index contributed by atoms with van der Waals surface area (Å²) in [5.74, 6) is -1.03. The maximum absolute atomic E-state index is 13.8. The number of halogens is 2. The van der Waals surface area contributed by atoms with Gasteiger partial charge in [-0.25, -0.2) is 13.2 Å². The van der Waals surface area contributed by atoms with Gasteiger partial charge in [-0.3, -0.25) is 14.3 Å². The molecule has 1 atom stereocenters. The van der Waals surface area contributed by atoms with E-state index in [9.17, 15) is 22.8 Å². The van der Waals surface area contributed by atoms with Crippen LogP contribution >= 0.6 is 23.2 Å². The Balaban J connectivity index is 1.43. The first-order chi connectivity index (χ1) is 20.1. The number of hydrogen-bond acceptors (Lipinski definition) is 7. The van der Waals surface area contributed by atoms with E-state index in [-0.39, 0.29) is 31.3 Å². The minimum absolute atomic E-state index is 0.200. The maximum atomic E-state index is 13.8. The second-order valence-electron chi connectivity index (χ2n) is 11.8. The van der Waals surface area contributed by atoms with Crippen LogP contribution < -0.4 is 14.9 Å². The minimum Gasteiger partial charge on any atom is -0.444 e. The SMILES string of the molecule is CC(C)(C)OC(=O)N1CC(C(=O)N[C@H](Cc2ccc(Cl)c(Cl)c2)C(=O)N2CCN(c3ccccc3NS(C)(=O)=O)CC2)C1. The Labute approximate surface area is 262 Å². The Bertz CT molecular complexity index is 1470. The lowest BCUT2D eigenvalue weighted by Gasteiger charge is -2.40. The number of sulfonamides is 1. The average molecular weight is 655 g/mol. The Morgan fingerprint density at radius 3 is 2.23 bits per heavy atom. The van der Waals surface area contributed by atoms with Gasteiger partial charge in [-0.15, -0.1) is 0 Å². The molecule has 11 nitrogen and oxygen atoms in total. The number of nitrogens with zero attached hydrogens (tertiary/aromatic N) is 3. The van der Waals surface area contributed by atoms with Crippen LogP contribution in [0.1, 0.15) is 26.3 Å². The predicted octanol–water partition coefficient (Wildman–Crippen LogP) is 3.61. The van der Waals surface area contributed by atoms with Crippen molar-refractivity contribution >= 4 is 62.5 Å². The number of para-hydroxylation sites is 2. The summed E-state index contributed by atoms with van der Waals surface area (Å²) in [5, 5.41) is 3.64. The van der Waals surface area contributed by atoms with Gasteiger partial charge in [0.25, 0.3) is 0 Å². The summed E-state index contributed by atoms with van der Waals surface area (Å²) in [4.78, 5) is 44.5. The highest BCUT2D eigenvalue weighted by atomic mass is 35.5. The second-order valence-corrected chi connectivity index (χ2v) is 14.4. The van der Waals surface area contributed by atoms with Crippen molar-refractivity contribution in [3.05, 3.63) is 58.1 Å². The van der Waals surface area contributed by atoms with E-state index >= 15 is 0 Å². The van der Waals surface area contributed by atoms with Gasteiger partial charge in [-0.1, -0.05) is 41.4 Å². The molecule has 2 fully saturated rings. The molecule has 2 aliphatic heterocycles. The lowest BCUT2D eigenvalue weighted by molar-refractivity contribution is -0.139. The number of likely N-dealkylation sites (tertiary alicyclic amines) is 1. The van der Waals surface area contributed by atoms with Crippen molar-refractivity contribution in [2.45, 2.75) is 38.8 Å². The predicted molar refractivity (Wildman–Crippen MR) is 167 cm³/mol. The summed E-state index contributed by atoms with van der Waals surface area (Å²) < 4.78 is 31.6. The fraction of sp³-hybridized carbons (Fsp3) is 0.483. The molecule has 2 heterocycles. The highest BCUT2D eigenvalue weighted by molar-refractivity contribution is 7.92. The highest BCUT2D eigenvalue weighted by Gasteiger charge is 2.40. The molecule has 0 radical (unpaired) electrons. The van der Waals surface area contributed by atoms with Crippen LogP contribution in [0.3, 0.4) is 0 Å². The monoisotopic (exact) mass is 653 g/mol. The van der Waals surface area contributed by atoms with Crippen molar-refractivity contribution in [1.82, 2.24) is 15.1 Å². The molecule has 0 aromatic heterocycles. The third kappa shape index (κ3) is 8.90.